The molecule has 2 N–H and O–H groups in total. The van der Waals surface area contributed by atoms with Crippen LogP contribution in [0.1, 0.15) is 5.56 Å². The van der Waals surface area contributed by atoms with E-state index in [9.17, 15) is 5.11 Å². The van der Waals surface area contributed by atoms with Crippen molar-refractivity contribution in [3.63, 3.8) is 0 Å². The first-order chi connectivity index (χ1) is 6.36. The van der Waals surface area contributed by atoms with Crippen molar-refractivity contribution in [2.24, 2.45) is 5.92 Å². The van der Waals surface area contributed by atoms with E-state index in [2.05, 4.69) is 17.4 Å². The summed E-state index contributed by atoms with van der Waals surface area (Å²) in [5.41, 5.74) is 1.32. The summed E-state index contributed by atoms with van der Waals surface area (Å²) >= 11 is 0. The molecule has 0 saturated carbocycles. The van der Waals surface area contributed by atoms with Crippen LogP contribution in [0.3, 0.4) is 0 Å². The smallest absolute Gasteiger partial charge is 0.0708 e. The molecule has 2 atom stereocenters. The molecule has 13 heavy (non-hydrogen) atoms. The minimum Gasteiger partial charge on any atom is -0.391 e. The molecule has 0 radical (unpaired) electrons. The molecule has 1 aliphatic rings. The predicted octanol–water partition coefficient (Wildman–Crippen LogP) is 0.809. The Morgan fingerprint density at radius 1 is 1.23 bits per heavy atom. The van der Waals surface area contributed by atoms with Crippen LogP contribution in [0.5, 0.6) is 0 Å². The van der Waals surface area contributed by atoms with Gasteiger partial charge in [-0.1, -0.05) is 30.3 Å². The number of β-amino-alcohol motifs (C(OH)–C–C–N with tert-alkyl or cyclic N) is 1. The number of benzene rings is 1. The van der Waals surface area contributed by atoms with Gasteiger partial charge in [-0.15, -0.1) is 0 Å². The minimum atomic E-state index is -0.166. The van der Waals surface area contributed by atoms with Crippen LogP contribution in [0.4, 0.5) is 0 Å². The lowest BCUT2D eigenvalue weighted by Crippen LogP contribution is -2.19. The maximum Gasteiger partial charge on any atom is 0.0708 e. The third kappa shape index (κ3) is 2.08. The topological polar surface area (TPSA) is 32.3 Å². The second-order valence-corrected chi connectivity index (χ2v) is 3.68. The van der Waals surface area contributed by atoms with Crippen molar-refractivity contribution in [1.29, 1.82) is 0 Å². The van der Waals surface area contributed by atoms with Crippen molar-refractivity contribution in [2.75, 3.05) is 13.1 Å². The van der Waals surface area contributed by atoms with E-state index in [-0.39, 0.29) is 6.10 Å². The average Bonchev–Trinajstić information content (AvgIpc) is 2.54. The fourth-order valence-electron chi connectivity index (χ4n) is 1.84. The van der Waals surface area contributed by atoms with Crippen LogP contribution in [0.25, 0.3) is 0 Å². The van der Waals surface area contributed by atoms with Crippen LogP contribution >= 0.6 is 0 Å². The van der Waals surface area contributed by atoms with Crippen LogP contribution in [-0.4, -0.2) is 24.3 Å². The van der Waals surface area contributed by atoms with Crippen LogP contribution in [0.2, 0.25) is 0 Å². The van der Waals surface area contributed by atoms with Gasteiger partial charge < -0.3 is 10.4 Å². The van der Waals surface area contributed by atoms with Gasteiger partial charge in [-0.25, -0.2) is 0 Å². The van der Waals surface area contributed by atoms with E-state index in [1.165, 1.54) is 5.56 Å². The van der Waals surface area contributed by atoms with Gasteiger partial charge in [0.25, 0.3) is 0 Å². The van der Waals surface area contributed by atoms with Crippen molar-refractivity contribution >= 4 is 0 Å². The van der Waals surface area contributed by atoms with E-state index in [1.54, 1.807) is 0 Å². The molecule has 2 heteroatoms. The number of aliphatic hydroxyl groups is 1. The first kappa shape index (κ1) is 8.73. The molecule has 2 rings (SSSR count). The van der Waals surface area contributed by atoms with Crippen molar-refractivity contribution < 1.29 is 5.11 Å². The maximum absolute atomic E-state index is 9.59. The van der Waals surface area contributed by atoms with E-state index in [4.69, 9.17) is 0 Å². The third-order valence-corrected chi connectivity index (χ3v) is 2.64. The molecule has 1 aromatic carbocycles. The SMILES string of the molecule is OC1CNCC1Cc1ccccc1. The molecule has 70 valence electrons. The van der Waals surface area contributed by atoms with E-state index < -0.39 is 0 Å². The lowest BCUT2D eigenvalue weighted by molar-refractivity contribution is 0.147. The highest BCUT2D eigenvalue weighted by Crippen LogP contribution is 2.15. The number of hydrogen-bond acceptors (Lipinski definition) is 2. The first-order valence-electron chi connectivity index (χ1n) is 4.79. The van der Waals surface area contributed by atoms with Crippen LogP contribution in [0.15, 0.2) is 30.3 Å². The summed E-state index contributed by atoms with van der Waals surface area (Å²) in [5, 5.41) is 12.8. The summed E-state index contributed by atoms with van der Waals surface area (Å²) in [6.45, 7) is 1.69. The second kappa shape index (κ2) is 3.90. The molecule has 1 aliphatic heterocycles. The highest BCUT2D eigenvalue weighted by Gasteiger charge is 2.24. The Kier molecular flexibility index (Phi) is 2.62. The summed E-state index contributed by atoms with van der Waals surface area (Å²) < 4.78 is 0. The van der Waals surface area contributed by atoms with Gasteiger partial charge >= 0.3 is 0 Å². The maximum atomic E-state index is 9.59. The quantitative estimate of drug-likeness (QED) is 0.700. The summed E-state index contributed by atoms with van der Waals surface area (Å²) in [6, 6.07) is 10.3. The van der Waals surface area contributed by atoms with E-state index in [1.807, 2.05) is 18.2 Å². The van der Waals surface area contributed by atoms with Crippen molar-refractivity contribution in [3.8, 4) is 0 Å². The molecule has 0 aromatic heterocycles. The Balaban J connectivity index is 1.98. The third-order valence-electron chi connectivity index (χ3n) is 2.64. The molecule has 2 nitrogen and oxygen atoms in total. The summed E-state index contributed by atoms with van der Waals surface area (Å²) in [5.74, 6) is 0.391. The van der Waals surface area contributed by atoms with Crippen molar-refractivity contribution in [1.82, 2.24) is 5.32 Å². The molecule has 1 saturated heterocycles. The van der Waals surface area contributed by atoms with Gasteiger partial charge in [-0.2, -0.15) is 0 Å². The van der Waals surface area contributed by atoms with Crippen LogP contribution in [0, 0.1) is 5.92 Å². The summed E-state index contributed by atoms with van der Waals surface area (Å²) in [6.07, 6.45) is 0.815. The monoisotopic (exact) mass is 177 g/mol. The predicted molar refractivity (Wildman–Crippen MR) is 52.5 cm³/mol. The lowest BCUT2D eigenvalue weighted by atomic mass is 9.97. The summed E-state index contributed by atoms with van der Waals surface area (Å²) in [4.78, 5) is 0. The van der Waals surface area contributed by atoms with Gasteiger partial charge in [0.2, 0.25) is 0 Å². The standard InChI is InChI=1S/C11H15NO/c13-11-8-12-7-10(11)6-9-4-2-1-3-5-9/h1-5,10-13H,6-8H2. The number of nitrogens with one attached hydrogen (secondary N) is 1. The number of aliphatic hydroxyl groups excluding tert-OH is 1. The highest BCUT2D eigenvalue weighted by molar-refractivity contribution is 5.15. The molecular weight excluding hydrogens is 162 g/mol. The zero-order chi connectivity index (χ0) is 9.10. The van der Waals surface area contributed by atoms with Crippen molar-refractivity contribution in [3.05, 3.63) is 35.9 Å². The van der Waals surface area contributed by atoms with E-state index in [0.717, 1.165) is 19.5 Å². The Bertz CT molecular complexity index is 260. The number of hydrogen-bond donors (Lipinski definition) is 2. The van der Waals surface area contributed by atoms with Crippen molar-refractivity contribution in [2.45, 2.75) is 12.5 Å². The second-order valence-electron chi connectivity index (χ2n) is 3.68. The van der Waals surface area contributed by atoms with Gasteiger partial charge in [-0.05, 0) is 12.0 Å². The molecule has 0 aliphatic carbocycles. The fourth-order valence-corrected chi connectivity index (χ4v) is 1.84. The largest absolute Gasteiger partial charge is 0.391 e. The molecule has 0 bridgehead atoms. The van der Waals surface area contributed by atoms with Gasteiger partial charge in [0.05, 0.1) is 6.10 Å². The average molecular weight is 177 g/mol. The highest BCUT2D eigenvalue weighted by atomic mass is 16.3. The Morgan fingerprint density at radius 2 is 2.00 bits per heavy atom. The molecule has 1 aromatic rings. The van der Waals surface area contributed by atoms with Gasteiger partial charge in [0, 0.05) is 19.0 Å². The van der Waals surface area contributed by atoms with E-state index in [0.29, 0.717) is 5.92 Å². The molecule has 1 fully saturated rings. The fraction of sp³-hybridized carbons (Fsp3) is 0.455. The van der Waals surface area contributed by atoms with Crippen LogP contribution in [-0.2, 0) is 6.42 Å². The van der Waals surface area contributed by atoms with E-state index >= 15 is 0 Å². The number of rotatable bonds is 2. The Morgan fingerprint density at radius 3 is 2.62 bits per heavy atom. The molecular formula is C11H15NO. The van der Waals surface area contributed by atoms with Gasteiger partial charge in [0.1, 0.15) is 0 Å². The molecule has 0 spiro atoms. The Hall–Kier alpha value is -0.860. The first-order valence-corrected chi connectivity index (χ1v) is 4.79. The molecule has 1 heterocycles. The van der Waals surface area contributed by atoms with Crippen LogP contribution < -0.4 is 5.32 Å². The zero-order valence-corrected chi connectivity index (χ0v) is 7.61. The lowest BCUT2D eigenvalue weighted by Gasteiger charge is -2.12. The minimum absolute atomic E-state index is 0.166. The van der Waals surface area contributed by atoms with Gasteiger partial charge in [-0.3, -0.25) is 0 Å². The van der Waals surface area contributed by atoms with Gasteiger partial charge in [0.15, 0.2) is 0 Å². The Labute approximate surface area is 78.6 Å². The molecule has 2 unspecified atom stereocenters. The normalized spacial score (nSPS) is 27.8. The zero-order valence-electron chi connectivity index (χ0n) is 7.61. The molecule has 0 amide bonds. The summed E-state index contributed by atoms with van der Waals surface area (Å²) in [7, 11) is 0.